The quantitative estimate of drug-likeness (QED) is 0.429. The normalized spacial score (nSPS) is 11.2. The number of nitrogens with zero attached hydrogens (tertiary/aromatic N) is 1. The van der Waals surface area contributed by atoms with Gasteiger partial charge < -0.3 is 23.9 Å². The molecule has 1 rings (SSSR count). The molecule has 1 heterocycles. The number of nitrogens with one attached hydrogen (secondary N) is 2. The maximum absolute atomic E-state index is 5.35. The molecule has 0 atom stereocenters. The van der Waals surface area contributed by atoms with E-state index < -0.39 is 8.80 Å². The molecule has 20 heavy (non-hydrogen) atoms. The molecule has 0 amide bonds. The lowest BCUT2D eigenvalue weighted by atomic mass is 10.4. The topological polar surface area (TPSA) is 64.6 Å². The Labute approximate surface area is 126 Å². The van der Waals surface area contributed by atoms with Gasteiger partial charge in [0.15, 0.2) is 5.11 Å². The number of hydrogen-bond acceptors (Lipinski definition) is 5. The SMILES string of the molecule is CO[Si](CCCNC(=S)Nc1cccnc1)(OC)OC. The molecule has 0 saturated carbocycles. The van der Waals surface area contributed by atoms with Crippen molar-refractivity contribution < 1.29 is 13.3 Å². The summed E-state index contributed by atoms with van der Waals surface area (Å²) in [5.74, 6) is 0. The highest BCUT2D eigenvalue weighted by Crippen LogP contribution is 2.14. The van der Waals surface area contributed by atoms with Crippen LogP contribution in [-0.4, -0.2) is 46.8 Å². The minimum atomic E-state index is -2.48. The van der Waals surface area contributed by atoms with Crippen molar-refractivity contribution in [2.75, 3.05) is 33.2 Å². The van der Waals surface area contributed by atoms with Gasteiger partial charge in [-0.3, -0.25) is 4.98 Å². The molecule has 112 valence electrons. The molecule has 0 fully saturated rings. The van der Waals surface area contributed by atoms with Gasteiger partial charge in [-0.2, -0.15) is 0 Å². The Morgan fingerprint density at radius 3 is 2.55 bits per heavy atom. The minimum absolute atomic E-state index is 0.567. The second kappa shape index (κ2) is 8.98. The highest BCUT2D eigenvalue weighted by molar-refractivity contribution is 7.80. The maximum atomic E-state index is 5.35. The average Bonchev–Trinajstić information content (AvgIpc) is 2.49. The number of hydrogen-bond donors (Lipinski definition) is 2. The van der Waals surface area contributed by atoms with Crippen molar-refractivity contribution in [3.8, 4) is 0 Å². The lowest BCUT2D eigenvalue weighted by Crippen LogP contribution is -2.43. The van der Waals surface area contributed by atoms with Crippen LogP contribution in [0.25, 0.3) is 0 Å². The third kappa shape index (κ3) is 5.51. The molecule has 1 aromatic heterocycles. The van der Waals surface area contributed by atoms with Gasteiger partial charge in [0.2, 0.25) is 0 Å². The maximum Gasteiger partial charge on any atom is 0.500 e. The smallest absolute Gasteiger partial charge is 0.377 e. The van der Waals surface area contributed by atoms with E-state index in [0.717, 1.165) is 24.7 Å². The molecule has 0 radical (unpaired) electrons. The van der Waals surface area contributed by atoms with Gasteiger partial charge in [-0.25, -0.2) is 0 Å². The molecule has 6 nitrogen and oxygen atoms in total. The predicted octanol–water partition coefficient (Wildman–Crippen LogP) is 1.64. The first-order valence-corrected chi connectivity index (χ1v) is 8.60. The Kier molecular flexibility index (Phi) is 7.63. The van der Waals surface area contributed by atoms with Crippen LogP contribution in [0.4, 0.5) is 5.69 Å². The largest absolute Gasteiger partial charge is 0.500 e. The first kappa shape index (κ1) is 17.0. The van der Waals surface area contributed by atoms with Gasteiger partial charge in [-0.15, -0.1) is 0 Å². The van der Waals surface area contributed by atoms with Crippen molar-refractivity contribution in [3.05, 3.63) is 24.5 Å². The summed E-state index contributed by atoms with van der Waals surface area (Å²) in [5, 5.41) is 6.75. The van der Waals surface area contributed by atoms with E-state index in [0.29, 0.717) is 5.11 Å². The molecule has 1 aromatic rings. The van der Waals surface area contributed by atoms with Crippen molar-refractivity contribution >= 4 is 31.8 Å². The van der Waals surface area contributed by atoms with E-state index in [1.807, 2.05) is 12.1 Å². The summed E-state index contributed by atoms with van der Waals surface area (Å²) >= 11 is 5.20. The van der Waals surface area contributed by atoms with E-state index >= 15 is 0 Å². The van der Waals surface area contributed by atoms with Crippen LogP contribution in [-0.2, 0) is 13.3 Å². The lowest BCUT2D eigenvalue weighted by molar-refractivity contribution is 0.123. The molecule has 8 heteroatoms. The summed E-state index contributed by atoms with van der Waals surface area (Å²) in [4.78, 5) is 4.01. The Morgan fingerprint density at radius 1 is 1.30 bits per heavy atom. The van der Waals surface area contributed by atoms with Crippen molar-refractivity contribution in [1.29, 1.82) is 0 Å². The third-order valence-corrected chi connectivity index (χ3v) is 5.88. The first-order valence-electron chi connectivity index (χ1n) is 6.26. The number of pyridine rings is 1. The molecule has 0 aliphatic heterocycles. The van der Waals surface area contributed by atoms with Gasteiger partial charge >= 0.3 is 8.80 Å². The molecule has 0 unspecified atom stereocenters. The fourth-order valence-corrected chi connectivity index (χ4v) is 3.62. The van der Waals surface area contributed by atoms with Gasteiger partial charge in [0, 0.05) is 40.1 Å². The van der Waals surface area contributed by atoms with Crippen molar-refractivity contribution in [2.45, 2.75) is 12.5 Å². The van der Waals surface area contributed by atoms with E-state index in [-0.39, 0.29) is 0 Å². The van der Waals surface area contributed by atoms with Crippen LogP contribution in [0.15, 0.2) is 24.5 Å². The molecule has 0 aromatic carbocycles. The number of anilines is 1. The summed E-state index contributed by atoms with van der Waals surface area (Å²) in [6.45, 7) is 0.719. The second-order valence-electron chi connectivity index (χ2n) is 4.02. The first-order chi connectivity index (χ1) is 9.65. The number of rotatable bonds is 8. The van der Waals surface area contributed by atoms with Gasteiger partial charge in [-0.1, -0.05) is 0 Å². The lowest BCUT2D eigenvalue weighted by Gasteiger charge is -2.24. The Morgan fingerprint density at radius 2 is 2.00 bits per heavy atom. The molecular formula is C12H21N3O3SSi. The zero-order valence-electron chi connectivity index (χ0n) is 12.0. The Balaban J connectivity index is 2.25. The molecule has 0 spiro atoms. The van der Waals surface area contributed by atoms with Crippen molar-refractivity contribution in [1.82, 2.24) is 10.3 Å². The van der Waals surface area contributed by atoms with Crippen LogP contribution in [0.2, 0.25) is 6.04 Å². The summed E-state index contributed by atoms with van der Waals surface area (Å²) in [7, 11) is 2.36. The van der Waals surface area contributed by atoms with Gasteiger partial charge in [0.05, 0.1) is 11.9 Å². The van der Waals surface area contributed by atoms with E-state index in [1.165, 1.54) is 0 Å². The van der Waals surface area contributed by atoms with E-state index in [4.69, 9.17) is 25.5 Å². The average molecular weight is 315 g/mol. The fourth-order valence-electron chi connectivity index (χ4n) is 1.67. The molecule has 0 aliphatic carbocycles. The van der Waals surface area contributed by atoms with Crippen LogP contribution < -0.4 is 10.6 Å². The number of thiocarbonyl (C=S) groups is 1. The van der Waals surface area contributed by atoms with Crippen LogP contribution in [0.1, 0.15) is 6.42 Å². The van der Waals surface area contributed by atoms with Gasteiger partial charge in [0.1, 0.15) is 0 Å². The van der Waals surface area contributed by atoms with Crippen molar-refractivity contribution in [3.63, 3.8) is 0 Å². The summed E-state index contributed by atoms with van der Waals surface area (Å²) < 4.78 is 16.0. The number of aromatic nitrogens is 1. The van der Waals surface area contributed by atoms with Gasteiger partial charge in [-0.05, 0) is 30.8 Å². The highest BCUT2D eigenvalue weighted by atomic mass is 32.1. The summed E-state index contributed by atoms with van der Waals surface area (Å²) in [5.41, 5.74) is 0.861. The van der Waals surface area contributed by atoms with Crippen LogP contribution in [0.5, 0.6) is 0 Å². The van der Waals surface area contributed by atoms with Crippen LogP contribution in [0.3, 0.4) is 0 Å². The monoisotopic (exact) mass is 315 g/mol. The molecule has 0 bridgehead atoms. The van der Waals surface area contributed by atoms with Gasteiger partial charge in [0.25, 0.3) is 0 Å². The molecule has 0 aliphatic rings. The van der Waals surface area contributed by atoms with Crippen molar-refractivity contribution in [2.24, 2.45) is 0 Å². The zero-order chi connectivity index (χ0) is 14.8. The second-order valence-corrected chi connectivity index (χ2v) is 7.52. The highest BCUT2D eigenvalue weighted by Gasteiger charge is 2.36. The Bertz CT molecular complexity index is 396. The third-order valence-electron chi connectivity index (χ3n) is 2.80. The molecule has 0 saturated heterocycles. The molecular weight excluding hydrogens is 294 g/mol. The van der Waals surface area contributed by atoms with E-state index in [1.54, 1.807) is 33.7 Å². The zero-order valence-corrected chi connectivity index (χ0v) is 13.8. The Hall–Kier alpha value is -1.06. The minimum Gasteiger partial charge on any atom is -0.377 e. The predicted molar refractivity (Wildman–Crippen MR) is 84.7 cm³/mol. The van der Waals surface area contributed by atoms with Crippen LogP contribution in [0, 0.1) is 0 Å². The van der Waals surface area contributed by atoms with E-state index in [9.17, 15) is 0 Å². The van der Waals surface area contributed by atoms with E-state index in [2.05, 4.69) is 15.6 Å². The van der Waals surface area contributed by atoms with Crippen LogP contribution >= 0.6 is 12.2 Å². The molecule has 2 N–H and O–H groups in total. The summed E-state index contributed by atoms with van der Waals surface area (Å²) in [6.07, 6.45) is 4.27. The fraction of sp³-hybridized carbons (Fsp3) is 0.500. The summed E-state index contributed by atoms with van der Waals surface area (Å²) in [6, 6.07) is 4.49. The standard InChI is InChI=1S/C12H21N3O3SSi/c1-16-20(17-2,18-3)9-5-8-14-12(19)15-11-6-4-7-13-10-11/h4,6-7,10H,5,8-9H2,1-3H3,(H2,14,15,19).